The first-order valence-electron chi connectivity index (χ1n) is 5.49. The predicted octanol–water partition coefficient (Wildman–Crippen LogP) is 3.54. The fraction of sp³-hybridized carbons (Fsp3) is 0.462. The van der Waals surface area contributed by atoms with Crippen molar-refractivity contribution < 1.29 is 0 Å². The van der Waals surface area contributed by atoms with Crippen molar-refractivity contribution in [2.24, 2.45) is 5.92 Å². The minimum atomic E-state index is 0.724. The zero-order valence-electron chi connectivity index (χ0n) is 9.49. The van der Waals surface area contributed by atoms with Gasteiger partial charge in [0.2, 0.25) is 0 Å². The van der Waals surface area contributed by atoms with Crippen molar-refractivity contribution >= 4 is 17.2 Å². The van der Waals surface area contributed by atoms with Gasteiger partial charge in [0.05, 0.1) is 4.99 Å². The first-order chi connectivity index (χ1) is 7.18. The Labute approximate surface area is 97.9 Å². The molecule has 2 heteroatoms. The van der Waals surface area contributed by atoms with E-state index >= 15 is 0 Å². The summed E-state index contributed by atoms with van der Waals surface area (Å²) in [5.41, 5.74) is 1.28. The average molecular weight is 221 g/mol. The maximum absolute atomic E-state index is 5.26. The van der Waals surface area contributed by atoms with E-state index < -0.39 is 0 Å². The van der Waals surface area contributed by atoms with Crippen LogP contribution in [-0.4, -0.2) is 4.99 Å². The van der Waals surface area contributed by atoms with Crippen molar-refractivity contribution in [1.82, 2.24) is 5.32 Å². The Morgan fingerprint density at radius 2 is 1.93 bits per heavy atom. The van der Waals surface area contributed by atoms with Crippen LogP contribution in [0.3, 0.4) is 0 Å². The molecule has 0 fully saturated rings. The number of hydrogen-bond acceptors (Lipinski definition) is 1. The van der Waals surface area contributed by atoms with E-state index in [9.17, 15) is 0 Å². The second-order valence-electron chi connectivity index (χ2n) is 4.19. The first-order valence-corrected chi connectivity index (χ1v) is 5.90. The summed E-state index contributed by atoms with van der Waals surface area (Å²) in [7, 11) is 0. The van der Waals surface area contributed by atoms with Crippen molar-refractivity contribution in [2.75, 3.05) is 0 Å². The summed E-state index contributed by atoms with van der Waals surface area (Å²) in [6, 6.07) is 10.3. The van der Waals surface area contributed by atoms with Crippen LogP contribution < -0.4 is 5.32 Å². The van der Waals surface area contributed by atoms with Crippen molar-refractivity contribution in [3.63, 3.8) is 0 Å². The van der Waals surface area contributed by atoms with Crippen LogP contribution >= 0.6 is 12.2 Å². The van der Waals surface area contributed by atoms with E-state index in [-0.39, 0.29) is 0 Å². The quantitative estimate of drug-likeness (QED) is 0.763. The lowest BCUT2D eigenvalue weighted by atomic mass is 10.1. The van der Waals surface area contributed by atoms with Gasteiger partial charge in [0.1, 0.15) is 0 Å². The molecule has 1 N–H and O–H groups in total. The second kappa shape index (κ2) is 6.57. The molecule has 0 saturated carbocycles. The zero-order chi connectivity index (χ0) is 11.1. The molecule has 0 aliphatic rings. The normalized spacial score (nSPS) is 10.3. The molecular weight excluding hydrogens is 202 g/mol. The minimum Gasteiger partial charge on any atom is -0.376 e. The van der Waals surface area contributed by atoms with E-state index in [1.807, 2.05) is 18.2 Å². The van der Waals surface area contributed by atoms with Crippen LogP contribution in [0, 0.1) is 5.92 Å². The van der Waals surface area contributed by atoms with Gasteiger partial charge >= 0.3 is 0 Å². The van der Waals surface area contributed by atoms with Crippen LogP contribution in [0.1, 0.15) is 32.3 Å². The number of thiocarbonyl (C=S) groups is 1. The standard InChI is InChI=1S/C13H19NS/c1-11(2)8-9-13(15)14-10-12-6-4-3-5-7-12/h3-7,11H,8-10H2,1-2H3,(H,14,15). The summed E-state index contributed by atoms with van der Waals surface area (Å²) in [6.45, 7) is 5.29. The zero-order valence-corrected chi connectivity index (χ0v) is 10.3. The van der Waals surface area contributed by atoms with Gasteiger partial charge in [-0.3, -0.25) is 0 Å². The molecule has 0 heterocycles. The van der Waals surface area contributed by atoms with Gasteiger partial charge in [-0.15, -0.1) is 0 Å². The van der Waals surface area contributed by atoms with Crippen molar-refractivity contribution in [3.05, 3.63) is 35.9 Å². The average Bonchev–Trinajstić information content (AvgIpc) is 2.25. The predicted molar refractivity (Wildman–Crippen MR) is 70.0 cm³/mol. The topological polar surface area (TPSA) is 12.0 Å². The Balaban J connectivity index is 2.23. The molecular formula is C13H19NS. The highest BCUT2D eigenvalue weighted by molar-refractivity contribution is 7.80. The first kappa shape index (κ1) is 12.2. The molecule has 0 saturated heterocycles. The fourth-order valence-corrected chi connectivity index (χ4v) is 1.49. The molecule has 1 aromatic carbocycles. The third-order valence-electron chi connectivity index (χ3n) is 2.28. The fourth-order valence-electron chi connectivity index (χ4n) is 1.30. The minimum absolute atomic E-state index is 0.724. The van der Waals surface area contributed by atoms with E-state index in [0.29, 0.717) is 0 Å². The summed E-state index contributed by atoms with van der Waals surface area (Å²) in [5, 5.41) is 3.29. The lowest BCUT2D eigenvalue weighted by molar-refractivity contribution is 0.600. The van der Waals surface area contributed by atoms with Crippen LogP contribution in [0.25, 0.3) is 0 Å². The maximum atomic E-state index is 5.26. The number of rotatable bonds is 5. The summed E-state index contributed by atoms with van der Waals surface area (Å²) < 4.78 is 0. The summed E-state index contributed by atoms with van der Waals surface area (Å²) in [5.74, 6) is 0.724. The van der Waals surface area contributed by atoms with Gasteiger partial charge in [0, 0.05) is 6.54 Å². The Bertz CT molecular complexity index is 293. The highest BCUT2D eigenvalue weighted by Gasteiger charge is 1.99. The van der Waals surface area contributed by atoms with Gasteiger partial charge in [0.25, 0.3) is 0 Å². The van der Waals surface area contributed by atoms with Crippen LogP contribution in [0.15, 0.2) is 30.3 Å². The highest BCUT2D eigenvalue weighted by atomic mass is 32.1. The molecule has 15 heavy (non-hydrogen) atoms. The van der Waals surface area contributed by atoms with Crippen molar-refractivity contribution in [3.8, 4) is 0 Å². The van der Waals surface area contributed by atoms with Crippen LogP contribution in [0.5, 0.6) is 0 Å². The highest BCUT2D eigenvalue weighted by Crippen LogP contribution is 2.04. The largest absolute Gasteiger partial charge is 0.376 e. The monoisotopic (exact) mass is 221 g/mol. The third-order valence-corrected chi connectivity index (χ3v) is 2.63. The third kappa shape index (κ3) is 5.53. The SMILES string of the molecule is CC(C)CCC(=S)NCc1ccccc1. The molecule has 1 rings (SSSR count). The molecule has 1 nitrogen and oxygen atoms in total. The van der Waals surface area contributed by atoms with Crippen LogP contribution in [0.2, 0.25) is 0 Å². The number of benzene rings is 1. The summed E-state index contributed by atoms with van der Waals surface area (Å²) >= 11 is 5.26. The van der Waals surface area contributed by atoms with Crippen LogP contribution in [0.4, 0.5) is 0 Å². The number of hydrogen-bond donors (Lipinski definition) is 1. The number of nitrogens with one attached hydrogen (secondary N) is 1. The molecule has 1 aromatic rings. The molecule has 0 aliphatic heterocycles. The summed E-state index contributed by atoms with van der Waals surface area (Å²) in [4.78, 5) is 0.979. The molecule has 82 valence electrons. The van der Waals surface area contributed by atoms with Gasteiger partial charge in [-0.25, -0.2) is 0 Å². The van der Waals surface area contributed by atoms with E-state index in [0.717, 1.165) is 23.9 Å². The molecule has 0 amide bonds. The van der Waals surface area contributed by atoms with Gasteiger partial charge in [-0.1, -0.05) is 56.4 Å². The van der Waals surface area contributed by atoms with Gasteiger partial charge in [-0.05, 0) is 24.3 Å². The smallest absolute Gasteiger partial charge is 0.0756 e. The maximum Gasteiger partial charge on any atom is 0.0756 e. The second-order valence-corrected chi connectivity index (χ2v) is 4.69. The Kier molecular flexibility index (Phi) is 5.33. The molecule has 0 aliphatic carbocycles. The van der Waals surface area contributed by atoms with E-state index in [1.165, 1.54) is 12.0 Å². The molecule has 0 spiro atoms. The Hall–Kier alpha value is -0.890. The Morgan fingerprint density at radius 3 is 2.53 bits per heavy atom. The van der Waals surface area contributed by atoms with Crippen molar-refractivity contribution in [2.45, 2.75) is 33.2 Å². The summed E-state index contributed by atoms with van der Waals surface area (Å²) in [6.07, 6.45) is 2.17. The molecule has 0 bridgehead atoms. The van der Waals surface area contributed by atoms with Gasteiger partial charge < -0.3 is 5.32 Å². The van der Waals surface area contributed by atoms with Gasteiger partial charge in [0.15, 0.2) is 0 Å². The molecule has 0 atom stereocenters. The van der Waals surface area contributed by atoms with E-state index in [4.69, 9.17) is 12.2 Å². The lowest BCUT2D eigenvalue weighted by Crippen LogP contribution is -2.20. The lowest BCUT2D eigenvalue weighted by Gasteiger charge is -2.09. The van der Waals surface area contributed by atoms with Gasteiger partial charge in [-0.2, -0.15) is 0 Å². The molecule has 0 aromatic heterocycles. The molecule has 0 radical (unpaired) electrons. The van der Waals surface area contributed by atoms with E-state index in [2.05, 4.69) is 31.3 Å². The van der Waals surface area contributed by atoms with E-state index in [1.54, 1.807) is 0 Å². The van der Waals surface area contributed by atoms with Crippen molar-refractivity contribution in [1.29, 1.82) is 0 Å². The molecule has 0 unspecified atom stereocenters. The Morgan fingerprint density at radius 1 is 1.27 bits per heavy atom. The van der Waals surface area contributed by atoms with Crippen LogP contribution in [-0.2, 0) is 6.54 Å².